The van der Waals surface area contributed by atoms with Crippen LogP contribution in [0.3, 0.4) is 0 Å². The van der Waals surface area contributed by atoms with Crippen LogP contribution in [0.1, 0.15) is 0 Å². The summed E-state index contributed by atoms with van der Waals surface area (Å²) in [5.74, 6) is 0. The lowest BCUT2D eigenvalue weighted by molar-refractivity contribution is 0.673. The van der Waals surface area contributed by atoms with E-state index in [9.17, 15) is 0 Å². The Hall–Kier alpha value is -6.32. The second-order valence-electron chi connectivity index (χ2n) is 12.5. The topological polar surface area (TPSA) is 23.0 Å². The molecule has 0 aliphatic rings. The molecule has 0 saturated carbocycles. The highest BCUT2D eigenvalue weighted by molar-refractivity contribution is 6.26. The molecule has 3 heterocycles. The Morgan fingerprint density at radius 2 is 0.872 bits per heavy atom. The van der Waals surface area contributed by atoms with E-state index in [1.165, 1.54) is 54.1 Å². The zero-order chi connectivity index (χ0) is 30.6. The van der Waals surface area contributed by atoms with Crippen molar-refractivity contribution < 1.29 is 4.42 Å². The van der Waals surface area contributed by atoms with Crippen molar-refractivity contribution in [3.05, 3.63) is 158 Å². The molecule has 0 saturated heterocycles. The SMILES string of the molecule is c1ccc2cc(-n3c4ccccc4c4ccc5c6ccc7c8ccccc8n(-c8cccc9ccccc89)c7c6oc5c43)ccc2c1. The van der Waals surface area contributed by atoms with Crippen LogP contribution in [0.15, 0.2) is 162 Å². The molecule has 0 bridgehead atoms. The fraction of sp³-hybridized carbons (Fsp3) is 0. The molecule has 0 atom stereocenters. The molecule has 0 unspecified atom stereocenters. The molecule has 11 rings (SSSR count). The molecular formula is C44H26N2O. The molecule has 3 nitrogen and oxygen atoms in total. The number of hydrogen-bond donors (Lipinski definition) is 0. The van der Waals surface area contributed by atoms with Gasteiger partial charge in [-0.3, -0.25) is 0 Å². The molecule has 0 radical (unpaired) electrons. The minimum atomic E-state index is 0.907. The predicted octanol–water partition coefficient (Wildman–Crippen LogP) is 12.1. The van der Waals surface area contributed by atoms with Crippen molar-refractivity contribution in [1.82, 2.24) is 9.13 Å². The average Bonchev–Trinajstić information content (AvgIpc) is 3.79. The number of nitrogens with zero attached hydrogens (tertiary/aromatic N) is 2. The van der Waals surface area contributed by atoms with Crippen LogP contribution in [-0.2, 0) is 0 Å². The summed E-state index contributed by atoms with van der Waals surface area (Å²) in [5.41, 5.74) is 8.61. The molecule has 8 aromatic carbocycles. The second kappa shape index (κ2) is 9.12. The van der Waals surface area contributed by atoms with Crippen LogP contribution in [0, 0.1) is 0 Å². The fourth-order valence-electron chi connectivity index (χ4n) is 8.03. The summed E-state index contributed by atoms with van der Waals surface area (Å²) < 4.78 is 12.0. The largest absolute Gasteiger partial charge is 0.452 e. The Balaban J connectivity index is 1.32. The average molecular weight is 599 g/mol. The van der Waals surface area contributed by atoms with Crippen LogP contribution in [0.25, 0.3) is 98.5 Å². The van der Waals surface area contributed by atoms with Crippen molar-refractivity contribution in [3.8, 4) is 11.4 Å². The summed E-state index contributed by atoms with van der Waals surface area (Å²) in [5, 5.41) is 11.9. The van der Waals surface area contributed by atoms with E-state index < -0.39 is 0 Å². The van der Waals surface area contributed by atoms with Gasteiger partial charge in [0, 0.05) is 43.4 Å². The monoisotopic (exact) mass is 598 g/mol. The lowest BCUT2D eigenvalue weighted by Crippen LogP contribution is -1.95. The lowest BCUT2D eigenvalue weighted by atomic mass is 10.1. The fourth-order valence-corrected chi connectivity index (χ4v) is 8.03. The molecule has 0 N–H and O–H groups in total. The van der Waals surface area contributed by atoms with E-state index in [1.54, 1.807) is 0 Å². The van der Waals surface area contributed by atoms with Crippen LogP contribution in [-0.4, -0.2) is 9.13 Å². The summed E-state index contributed by atoms with van der Waals surface area (Å²) in [7, 11) is 0. The van der Waals surface area contributed by atoms with Gasteiger partial charge in [-0.2, -0.15) is 0 Å². The molecule has 218 valence electrons. The molecule has 0 spiro atoms. The number of aromatic nitrogens is 2. The summed E-state index contributed by atoms with van der Waals surface area (Å²) in [6.07, 6.45) is 0. The molecule has 3 heteroatoms. The molecule has 3 aromatic heterocycles. The first-order valence-corrected chi connectivity index (χ1v) is 16.1. The van der Waals surface area contributed by atoms with Crippen LogP contribution >= 0.6 is 0 Å². The summed E-state index contributed by atoms with van der Waals surface area (Å²) in [4.78, 5) is 0. The van der Waals surface area contributed by atoms with Crippen molar-refractivity contribution >= 4 is 87.1 Å². The number of benzene rings is 8. The molecule has 0 fully saturated rings. The van der Waals surface area contributed by atoms with E-state index in [4.69, 9.17) is 4.42 Å². The second-order valence-corrected chi connectivity index (χ2v) is 12.5. The minimum absolute atomic E-state index is 0.907. The van der Waals surface area contributed by atoms with E-state index >= 15 is 0 Å². The smallest absolute Gasteiger partial charge is 0.160 e. The first-order valence-electron chi connectivity index (χ1n) is 16.1. The maximum absolute atomic E-state index is 7.22. The number of furan rings is 1. The van der Waals surface area contributed by atoms with Gasteiger partial charge in [-0.15, -0.1) is 0 Å². The highest BCUT2D eigenvalue weighted by Crippen LogP contribution is 2.45. The van der Waals surface area contributed by atoms with Gasteiger partial charge in [-0.05, 0) is 58.6 Å². The van der Waals surface area contributed by atoms with Gasteiger partial charge in [0.2, 0.25) is 0 Å². The van der Waals surface area contributed by atoms with Crippen LogP contribution in [0.2, 0.25) is 0 Å². The third kappa shape index (κ3) is 3.30. The molecule has 47 heavy (non-hydrogen) atoms. The Kier molecular flexibility index (Phi) is 4.84. The molecule has 0 aliphatic heterocycles. The maximum Gasteiger partial charge on any atom is 0.160 e. The Morgan fingerprint density at radius 3 is 1.60 bits per heavy atom. The van der Waals surface area contributed by atoms with E-state index in [1.807, 2.05) is 0 Å². The van der Waals surface area contributed by atoms with Gasteiger partial charge in [0.25, 0.3) is 0 Å². The quantitative estimate of drug-likeness (QED) is 0.194. The van der Waals surface area contributed by atoms with Crippen LogP contribution < -0.4 is 0 Å². The minimum Gasteiger partial charge on any atom is -0.452 e. The zero-order valence-corrected chi connectivity index (χ0v) is 25.3. The third-order valence-electron chi connectivity index (χ3n) is 10.1. The first kappa shape index (κ1) is 24.9. The lowest BCUT2D eigenvalue weighted by Gasteiger charge is -2.11. The van der Waals surface area contributed by atoms with Crippen LogP contribution in [0.5, 0.6) is 0 Å². The third-order valence-corrected chi connectivity index (χ3v) is 10.1. The van der Waals surface area contributed by atoms with Crippen molar-refractivity contribution in [2.24, 2.45) is 0 Å². The van der Waals surface area contributed by atoms with Crippen molar-refractivity contribution in [2.75, 3.05) is 0 Å². The summed E-state index contributed by atoms with van der Waals surface area (Å²) in [6.45, 7) is 0. The van der Waals surface area contributed by atoms with Gasteiger partial charge >= 0.3 is 0 Å². The molecule has 0 aliphatic carbocycles. The predicted molar refractivity (Wildman–Crippen MR) is 197 cm³/mol. The highest BCUT2D eigenvalue weighted by Gasteiger charge is 2.23. The van der Waals surface area contributed by atoms with E-state index in [2.05, 4.69) is 167 Å². The Morgan fingerprint density at radius 1 is 0.340 bits per heavy atom. The van der Waals surface area contributed by atoms with Crippen molar-refractivity contribution in [1.29, 1.82) is 0 Å². The number of fused-ring (bicyclic) bond motifs is 13. The van der Waals surface area contributed by atoms with Gasteiger partial charge in [0.1, 0.15) is 0 Å². The van der Waals surface area contributed by atoms with Gasteiger partial charge < -0.3 is 13.6 Å². The summed E-state index contributed by atoms with van der Waals surface area (Å²) in [6, 6.07) is 56.9. The Bertz CT molecular complexity index is 3070. The van der Waals surface area contributed by atoms with Gasteiger partial charge in [0.05, 0.1) is 27.8 Å². The van der Waals surface area contributed by atoms with E-state index in [0.29, 0.717) is 0 Å². The van der Waals surface area contributed by atoms with E-state index in [-0.39, 0.29) is 0 Å². The summed E-state index contributed by atoms with van der Waals surface area (Å²) >= 11 is 0. The van der Waals surface area contributed by atoms with Crippen molar-refractivity contribution in [2.45, 2.75) is 0 Å². The standard InChI is InChI=1S/C44H26N2O/c1-2-12-29-26-30(21-20-27(29)10-1)45-39-17-7-5-15-32(39)34-22-24-36-37-25-23-35-33-16-6-8-18-40(33)46(42(35)44(37)47-43(36)41(34)45)38-19-9-13-28-11-3-4-14-31(28)38/h1-26H. The normalized spacial score (nSPS) is 12.3. The van der Waals surface area contributed by atoms with E-state index in [0.717, 1.165) is 44.3 Å². The van der Waals surface area contributed by atoms with Crippen LogP contribution in [0.4, 0.5) is 0 Å². The van der Waals surface area contributed by atoms with Gasteiger partial charge in [-0.25, -0.2) is 0 Å². The molecular weight excluding hydrogens is 572 g/mol. The molecule has 0 amide bonds. The number of rotatable bonds is 2. The number of para-hydroxylation sites is 2. The van der Waals surface area contributed by atoms with Gasteiger partial charge in [-0.1, -0.05) is 115 Å². The highest BCUT2D eigenvalue weighted by atomic mass is 16.3. The molecule has 11 aromatic rings. The maximum atomic E-state index is 7.22. The van der Waals surface area contributed by atoms with Crippen molar-refractivity contribution in [3.63, 3.8) is 0 Å². The Labute approximate surface area is 269 Å². The zero-order valence-electron chi connectivity index (χ0n) is 25.3. The van der Waals surface area contributed by atoms with Gasteiger partial charge in [0.15, 0.2) is 11.2 Å². The first-order chi connectivity index (χ1) is 23.3. The number of hydrogen-bond acceptors (Lipinski definition) is 1.